The minimum absolute atomic E-state index is 0.184. The number of nitrogens with zero attached hydrogens (tertiary/aromatic N) is 2. The van der Waals surface area contributed by atoms with Crippen molar-refractivity contribution in [1.82, 2.24) is 20.6 Å². The molecule has 3 N–H and O–H groups in total. The van der Waals surface area contributed by atoms with Gasteiger partial charge in [-0.25, -0.2) is 19.0 Å². The van der Waals surface area contributed by atoms with Crippen molar-refractivity contribution in [2.75, 3.05) is 13.2 Å². The first kappa shape index (κ1) is 27.2. The maximum absolute atomic E-state index is 15.1. The van der Waals surface area contributed by atoms with Crippen LogP contribution in [0.1, 0.15) is 56.1 Å². The molecule has 4 fully saturated rings. The van der Waals surface area contributed by atoms with Crippen molar-refractivity contribution in [2.24, 2.45) is 0 Å². The molecule has 7 rings (SSSR count). The molecule has 0 unspecified atom stereocenters. The molecule has 216 valence electrons. The lowest BCUT2D eigenvalue weighted by molar-refractivity contribution is -0.162. The normalized spacial score (nSPS) is 24.0. The van der Waals surface area contributed by atoms with Crippen molar-refractivity contribution >= 4 is 23.2 Å². The summed E-state index contributed by atoms with van der Waals surface area (Å²) >= 11 is 0. The second kappa shape index (κ2) is 10.8. The average molecular weight is 565 g/mol. The first-order valence-electron chi connectivity index (χ1n) is 14.0. The molecule has 1 aromatic carbocycles. The molecule has 2 aliphatic carbocycles. The van der Waals surface area contributed by atoms with Crippen LogP contribution in [0.5, 0.6) is 5.88 Å². The summed E-state index contributed by atoms with van der Waals surface area (Å²) in [4.78, 5) is 32.4. The van der Waals surface area contributed by atoms with E-state index >= 15 is 4.39 Å². The second-order valence-corrected chi connectivity index (χ2v) is 11.5. The van der Waals surface area contributed by atoms with E-state index in [0.29, 0.717) is 67.6 Å². The highest BCUT2D eigenvalue weighted by molar-refractivity contribution is 5.78. The summed E-state index contributed by atoms with van der Waals surface area (Å²) in [6, 6.07) is 12.9. The topological polar surface area (TPSA) is 132 Å². The summed E-state index contributed by atoms with van der Waals surface area (Å²) in [5.41, 5.74) is 0.909. The number of rotatable bonds is 10. The number of ether oxygens (including phenoxy) is 3. The van der Waals surface area contributed by atoms with Crippen LogP contribution in [0.3, 0.4) is 0 Å². The predicted octanol–water partition coefficient (Wildman–Crippen LogP) is 4.89. The summed E-state index contributed by atoms with van der Waals surface area (Å²) < 4.78 is 32.5. The van der Waals surface area contributed by atoms with E-state index in [1.165, 1.54) is 6.20 Å². The molecule has 2 saturated heterocycles. The van der Waals surface area contributed by atoms with Gasteiger partial charge in [-0.2, -0.15) is 0 Å². The van der Waals surface area contributed by atoms with Crippen LogP contribution < -0.4 is 15.4 Å². The predicted molar refractivity (Wildman–Crippen MR) is 146 cm³/mol. The number of aromatic nitrogens is 2. The van der Waals surface area contributed by atoms with Gasteiger partial charge >= 0.3 is 12.2 Å². The minimum atomic E-state index is -1.04. The van der Waals surface area contributed by atoms with Crippen LogP contribution in [0.2, 0.25) is 0 Å². The molecule has 4 heterocycles. The van der Waals surface area contributed by atoms with Crippen molar-refractivity contribution in [2.45, 2.75) is 74.7 Å². The van der Waals surface area contributed by atoms with E-state index in [-0.39, 0.29) is 13.2 Å². The Morgan fingerprint density at radius 1 is 1.02 bits per heavy atom. The molecule has 2 aliphatic heterocycles. The van der Waals surface area contributed by atoms with Crippen molar-refractivity contribution in [3.8, 4) is 5.88 Å². The Kier molecular flexibility index (Phi) is 7.14. The third-order valence-corrected chi connectivity index (χ3v) is 8.65. The Hall–Kier alpha value is -3.99. The standard InChI is InChI=1S/C30H33FN4O6/c31-22-16-32-23-6-7-24(40-18-28(10-11-28)35-27(38)39-17-20-4-2-1-3-5-20)33-25(23)21(22)8-9-30-14-12-29(13-15-30,19-41-30)34-26(36)37/h1-7,16,34H,8-15,17-19H2,(H,35,38)(H,36,37). The highest BCUT2D eigenvalue weighted by Crippen LogP contribution is 2.46. The highest BCUT2D eigenvalue weighted by atomic mass is 19.1. The quantitative estimate of drug-likeness (QED) is 0.317. The van der Waals surface area contributed by atoms with Crippen LogP contribution in [0.4, 0.5) is 14.0 Å². The van der Waals surface area contributed by atoms with Gasteiger partial charge in [-0.05, 0) is 63.0 Å². The molecule has 2 aromatic heterocycles. The van der Waals surface area contributed by atoms with E-state index in [9.17, 15) is 14.7 Å². The summed E-state index contributed by atoms with van der Waals surface area (Å²) in [5, 5.41) is 14.7. The van der Waals surface area contributed by atoms with Gasteiger partial charge in [0.05, 0.1) is 40.5 Å². The number of amides is 2. The molecule has 0 radical (unpaired) electrons. The van der Waals surface area contributed by atoms with E-state index in [2.05, 4.69) is 20.6 Å². The van der Waals surface area contributed by atoms with Gasteiger partial charge in [0.15, 0.2) is 0 Å². The number of carbonyl (C=O) groups excluding carboxylic acids is 1. The fraction of sp³-hybridized carbons (Fsp3) is 0.467. The van der Waals surface area contributed by atoms with Gasteiger partial charge in [-0.3, -0.25) is 4.98 Å². The molecule has 0 spiro atoms. The van der Waals surface area contributed by atoms with Gasteiger partial charge in [0, 0.05) is 11.6 Å². The maximum Gasteiger partial charge on any atom is 0.408 e. The summed E-state index contributed by atoms with van der Waals surface area (Å²) in [6.45, 7) is 0.724. The zero-order valence-electron chi connectivity index (χ0n) is 22.7. The molecular weight excluding hydrogens is 531 g/mol. The van der Waals surface area contributed by atoms with Gasteiger partial charge in [-0.15, -0.1) is 0 Å². The van der Waals surface area contributed by atoms with Crippen molar-refractivity contribution in [1.29, 1.82) is 0 Å². The van der Waals surface area contributed by atoms with Gasteiger partial charge in [0.25, 0.3) is 0 Å². The van der Waals surface area contributed by atoms with Crippen LogP contribution in [-0.4, -0.2) is 57.2 Å². The number of hydrogen-bond donors (Lipinski definition) is 3. The zero-order chi connectivity index (χ0) is 28.5. The maximum atomic E-state index is 15.1. The Balaban J connectivity index is 1.08. The number of carbonyl (C=O) groups is 2. The lowest BCUT2D eigenvalue weighted by Crippen LogP contribution is -2.62. The van der Waals surface area contributed by atoms with E-state index in [4.69, 9.17) is 14.2 Å². The van der Waals surface area contributed by atoms with Gasteiger partial charge in [0.1, 0.15) is 19.0 Å². The Bertz CT molecular complexity index is 1420. The first-order chi connectivity index (χ1) is 19.8. The molecule has 0 atom stereocenters. The number of carboxylic acid groups (broad SMARTS) is 1. The Morgan fingerprint density at radius 2 is 1.80 bits per heavy atom. The van der Waals surface area contributed by atoms with E-state index in [1.54, 1.807) is 12.1 Å². The number of benzene rings is 1. The molecule has 2 amide bonds. The number of hydrogen-bond acceptors (Lipinski definition) is 7. The van der Waals surface area contributed by atoms with Crippen LogP contribution in [0.25, 0.3) is 11.0 Å². The summed E-state index contributed by atoms with van der Waals surface area (Å²) in [7, 11) is 0. The number of pyridine rings is 2. The van der Waals surface area contributed by atoms with Gasteiger partial charge < -0.3 is 30.0 Å². The molecule has 41 heavy (non-hydrogen) atoms. The number of alkyl carbamates (subject to hydrolysis) is 1. The number of nitrogens with one attached hydrogen (secondary N) is 2. The SMILES string of the molecule is O=C(O)NC12CCC(CCc3c(F)cnc4ccc(OCC5(NC(=O)OCc6ccccc6)CC5)nc34)(CC1)OC2. The van der Waals surface area contributed by atoms with E-state index in [0.717, 1.165) is 18.4 Å². The molecule has 3 aromatic rings. The monoisotopic (exact) mass is 564 g/mol. The fourth-order valence-corrected chi connectivity index (χ4v) is 5.87. The fourth-order valence-electron chi connectivity index (χ4n) is 5.87. The molecule has 4 aliphatic rings. The lowest BCUT2D eigenvalue weighted by atomic mass is 9.69. The molecule has 11 heteroatoms. The van der Waals surface area contributed by atoms with Crippen LogP contribution in [0, 0.1) is 5.82 Å². The number of aryl methyl sites for hydroxylation is 1. The van der Waals surface area contributed by atoms with Crippen LogP contribution in [0.15, 0.2) is 48.7 Å². The summed E-state index contributed by atoms with van der Waals surface area (Å²) in [6.07, 6.45) is 5.01. The molecule has 2 saturated carbocycles. The van der Waals surface area contributed by atoms with Crippen LogP contribution >= 0.6 is 0 Å². The Morgan fingerprint density at radius 3 is 2.49 bits per heavy atom. The second-order valence-electron chi connectivity index (χ2n) is 11.5. The molecular formula is C30H33FN4O6. The molecule has 10 nitrogen and oxygen atoms in total. The average Bonchev–Trinajstić information content (AvgIpc) is 3.75. The largest absolute Gasteiger partial charge is 0.475 e. The smallest absolute Gasteiger partial charge is 0.408 e. The number of fused-ring (bicyclic) bond motifs is 4. The van der Waals surface area contributed by atoms with Gasteiger partial charge in [0.2, 0.25) is 5.88 Å². The third kappa shape index (κ3) is 6.04. The van der Waals surface area contributed by atoms with Crippen molar-refractivity contribution in [3.05, 3.63) is 65.6 Å². The van der Waals surface area contributed by atoms with E-state index < -0.39 is 34.7 Å². The Labute approximate surface area is 236 Å². The lowest BCUT2D eigenvalue weighted by Gasteiger charge is -2.53. The highest BCUT2D eigenvalue weighted by Gasteiger charge is 2.50. The molecule has 2 bridgehead atoms. The summed E-state index contributed by atoms with van der Waals surface area (Å²) in [5.74, 6) is -0.111. The van der Waals surface area contributed by atoms with Gasteiger partial charge in [-0.1, -0.05) is 30.3 Å². The van der Waals surface area contributed by atoms with Crippen molar-refractivity contribution in [3.63, 3.8) is 0 Å². The van der Waals surface area contributed by atoms with Crippen LogP contribution in [-0.2, 0) is 22.5 Å². The van der Waals surface area contributed by atoms with E-state index in [1.807, 2.05) is 30.3 Å². The minimum Gasteiger partial charge on any atom is -0.475 e. The third-order valence-electron chi connectivity index (χ3n) is 8.65. The first-order valence-corrected chi connectivity index (χ1v) is 14.0. The number of halogens is 1. The van der Waals surface area contributed by atoms with Crippen molar-refractivity contribution < 1.29 is 33.3 Å². The zero-order valence-corrected chi connectivity index (χ0v) is 22.7.